The monoisotopic (exact) mass is 265 g/mol. The van der Waals surface area contributed by atoms with Crippen molar-refractivity contribution in [3.05, 3.63) is 35.4 Å². The maximum atomic E-state index is 12.4. The highest BCUT2D eigenvalue weighted by Crippen LogP contribution is 2.31. The fraction of sp³-hybridized carbons (Fsp3) is 0.533. The molecular weight excluding hydrogens is 246 g/mol. The van der Waals surface area contributed by atoms with Crippen molar-refractivity contribution >= 4 is 17.5 Å². The molecule has 1 aromatic rings. The van der Waals surface area contributed by atoms with Crippen molar-refractivity contribution in [3.63, 3.8) is 0 Å². The van der Waals surface area contributed by atoms with Gasteiger partial charge in [-0.1, -0.05) is 24.3 Å². The molecule has 1 unspecified atom stereocenters. The summed E-state index contributed by atoms with van der Waals surface area (Å²) in [5, 5.41) is 3.05. The standard InChI is InChI=1S/C15H20ClNO/c1-15(2,10-16)17-14(18)13-9-5-7-11-6-3-4-8-12(11)13/h3-4,6,8,13H,5,7,9-10H2,1-2H3,(H,17,18). The molecule has 0 aliphatic heterocycles. The van der Waals surface area contributed by atoms with Gasteiger partial charge in [0.15, 0.2) is 0 Å². The van der Waals surface area contributed by atoms with Gasteiger partial charge in [0.05, 0.1) is 5.92 Å². The molecule has 0 saturated carbocycles. The van der Waals surface area contributed by atoms with Crippen LogP contribution in [0, 0.1) is 0 Å². The zero-order valence-corrected chi connectivity index (χ0v) is 11.8. The number of rotatable bonds is 3. The average Bonchev–Trinajstić information content (AvgIpc) is 2.37. The SMILES string of the molecule is CC(C)(CCl)NC(=O)C1CCCc2ccccc21. The Hall–Kier alpha value is -1.02. The summed E-state index contributed by atoms with van der Waals surface area (Å²) >= 11 is 5.86. The number of fused-ring (bicyclic) bond motifs is 1. The first-order valence-electron chi connectivity index (χ1n) is 6.49. The molecule has 98 valence electrons. The van der Waals surface area contributed by atoms with Gasteiger partial charge in [0.25, 0.3) is 0 Å². The average molecular weight is 266 g/mol. The summed E-state index contributed by atoms with van der Waals surface area (Å²) in [4.78, 5) is 12.4. The van der Waals surface area contributed by atoms with Crippen LogP contribution in [0.25, 0.3) is 0 Å². The van der Waals surface area contributed by atoms with Crippen molar-refractivity contribution in [2.24, 2.45) is 0 Å². The number of hydrogen-bond donors (Lipinski definition) is 1. The maximum Gasteiger partial charge on any atom is 0.227 e. The van der Waals surface area contributed by atoms with E-state index < -0.39 is 0 Å². The highest BCUT2D eigenvalue weighted by atomic mass is 35.5. The zero-order chi connectivity index (χ0) is 13.2. The van der Waals surface area contributed by atoms with Crippen LogP contribution in [0.4, 0.5) is 0 Å². The molecule has 1 aromatic carbocycles. The number of amides is 1. The van der Waals surface area contributed by atoms with Crippen LogP contribution in [-0.2, 0) is 11.2 Å². The Morgan fingerprint density at radius 3 is 2.89 bits per heavy atom. The minimum Gasteiger partial charge on any atom is -0.349 e. The summed E-state index contributed by atoms with van der Waals surface area (Å²) in [6, 6.07) is 8.26. The van der Waals surface area contributed by atoms with Gasteiger partial charge >= 0.3 is 0 Å². The predicted molar refractivity (Wildman–Crippen MR) is 75.1 cm³/mol. The lowest BCUT2D eigenvalue weighted by atomic mass is 9.82. The van der Waals surface area contributed by atoms with E-state index in [0.717, 1.165) is 19.3 Å². The predicted octanol–water partition coefficient (Wildman–Crippen LogP) is 3.24. The first-order valence-corrected chi connectivity index (χ1v) is 7.03. The highest BCUT2D eigenvalue weighted by Gasteiger charge is 2.29. The zero-order valence-electron chi connectivity index (χ0n) is 11.0. The van der Waals surface area contributed by atoms with Gasteiger partial charge in [-0.25, -0.2) is 0 Å². The Bertz CT molecular complexity index is 442. The molecule has 3 heteroatoms. The van der Waals surface area contributed by atoms with Gasteiger partial charge < -0.3 is 5.32 Å². The number of benzene rings is 1. The quantitative estimate of drug-likeness (QED) is 0.836. The largest absolute Gasteiger partial charge is 0.349 e. The number of alkyl halides is 1. The fourth-order valence-corrected chi connectivity index (χ4v) is 2.55. The molecule has 18 heavy (non-hydrogen) atoms. The summed E-state index contributed by atoms with van der Waals surface area (Å²) in [7, 11) is 0. The van der Waals surface area contributed by atoms with Gasteiger partial charge in [0.2, 0.25) is 5.91 Å². The molecule has 0 fully saturated rings. The molecule has 1 N–H and O–H groups in total. The molecule has 1 aliphatic carbocycles. The molecule has 1 atom stereocenters. The van der Waals surface area contributed by atoms with Crippen LogP contribution in [0.3, 0.4) is 0 Å². The van der Waals surface area contributed by atoms with Crippen molar-refractivity contribution < 1.29 is 4.79 Å². The molecule has 0 aromatic heterocycles. The van der Waals surface area contributed by atoms with Crippen LogP contribution < -0.4 is 5.32 Å². The first kappa shape index (κ1) is 13.4. The smallest absolute Gasteiger partial charge is 0.227 e. The van der Waals surface area contributed by atoms with E-state index in [4.69, 9.17) is 11.6 Å². The lowest BCUT2D eigenvalue weighted by Gasteiger charge is -2.29. The molecule has 0 spiro atoms. The molecule has 0 radical (unpaired) electrons. The molecule has 0 heterocycles. The summed E-state index contributed by atoms with van der Waals surface area (Å²) < 4.78 is 0. The molecular formula is C15H20ClNO. The van der Waals surface area contributed by atoms with Gasteiger partial charge in [-0.3, -0.25) is 4.79 Å². The lowest BCUT2D eigenvalue weighted by Crippen LogP contribution is -2.47. The van der Waals surface area contributed by atoms with Crippen molar-refractivity contribution in [2.45, 2.75) is 44.6 Å². The molecule has 2 nitrogen and oxygen atoms in total. The Morgan fingerprint density at radius 2 is 2.17 bits per heavy atom. The minimum absolute atomic E-state index is 0.0163. The van der Waals surface area contributed by atoms with Crippen molar-refractivity contribution in [3.8, 4) is 0 Å². The van der Waals surface area contributed by atoms with Crippen molar-refractivity contribution in [1.82, 2.24) is 5.32 Å². The van der Waals surface area contributed by atoms with Crippen molar-refractivity contribution in [1.29, 1.82) is 0 Å². The van der Waals surface area contributed by atoms with E-state index in [1.54, 1.807) is 0 Å². The summed E-state index contributed by atoms with van der Waals surface area (Å²) in [5.41, 5.74) is 2.16. The Labute approximate surface area is 114 Å². The lowest BCUT2D eigenvalue weighted by molar-refractivity contribution is -0.124. The van der Waals surface area contributed by atoms with Crippen LogP contribution in [0.1, 0.15) is 43.7 Å². The van der Waals surface area contributed by atoms with Crippen molar-refractivity contribution in [2.75, 3.05) is 5.88 Å². The van der Waals surface area contributed by atoms with E-state index in [1.807, 2.05) is 26.0 Å². The number of carbonyl (C=O) groups excluding carboxylic acids is 1. The fourth-order valence-electron chi connectivity index (χ4n) is 2.48. The van der Waals surface area contributed by atoms with Gasteiger partial charge in [0.1, 0.15) is 0 Å². The van der Waals surface area contributed by atoms with Gasteiger partial charge in [-0.05, 0) is 44.2 Å². The number of aryl methyl sites for hydroxylation is 1. The molecule has 0 bridgehead atoms. The second kappa shape index (κ2) is 5.31. The maximum absolute atomic E-state index is 12.4. The second-order valence-corrected chi connectivity index (χ2v) is 5.92. The molecule has 1 amide bonds. The highest BCUT2D eigenvalue weighted by molar-refractivity contribution is 6.18. The van der Waals surface area contributed by atoms with Crippen LogP contribution in [0.5, 0.6) is 0 Å². The second-order valence-electron chi connectivity index (χ2n) is 5.65. The van der Waals surface area contributed by atoms with Crippen LogP contribution >= 0.6 is 11.6 Å². The Kier molecular flexibility index (Phi) is 3.96. The van der Waals surface area contributed by atoms with E-state index in [2.05, 4.69) is 17.4 Å². The Morgan fingerprint density at radius 1 is 1.44 bits per heavy atom. The first-order chi connectivity index (χ1) is 8.53. The summed E-state index contributed by atoms with van der Waals surface area (Å²) in [6.45, 7) is 3.90. The number of halogens is 1. The number of nitrogens with one attached hydrogen (secondary N) is 1. The van der Waals surface area contributed by atoms with Crippen LogP contribution in [0.2, 0.25) is 0 Å². The van der Waals surface area contributed by atoms with Gasteiger partial charge in [-0.15, -0.1) is 11.6 Å². The summed E-state index contributed by atoms with van der Waals surface area (Å²) in [5.74, 6) is 0.512. The van der Waals surface area contributed by atoms with E-state index in [1.165, 1.54) is 11.1 Å². The third-order valence-electron chi connectivity index (χ3n) is 3.48. The number of hydrogen-bond acceptors (Lipinski definition) is 1. The summed E-state index contributed by atoms with van der Waals surface area (Å²) in [6.07, 6.45) is 3.09. The topological polar surface area (TPSA) is 29.1 Å². The minimum atomic E-state index is -0.342. The molecule has 2 rings (SSSR count). The third kappa shape index (κ3) is 2.86. The van der Waals surface area contributed by atoms with Gasteiger partial charge in [-0.2, -0.15) is 0 Å². The van der Waals surface area contributed by atoms with E-state index in [9.17, 15) is 4.79 Å². The molecule has 0 saturated heterocycles. The Balaban J connectivity index is 2.18. The van der Waals surface area contributed by atoms with Crippen LogP contribution in [-0.4, -0.2) is 17.3 Å². The van der Waals surface area contributed by atoms with E-state index in [0.29, 0.717) is 5.88 Å². The number of carbonyl (C=O) groups is 1. The normalized spacial score (nSPS) is 19.2. The van der Waals surface area contributed by atoms with E-state index >= 15 is 0 Å². The third-order valence-corrected chi connectivity index (χ3v) is 4.15. The van der Waals surface area contributed by atoms with Crippen LogP contribution in [0.15, 0.2) is 24.3 Å². The van der Waals surface area contributed by atoms with E-state index in [-0.39, 0.29) is 17.4 Å². The molecule has 1 aliphatic rings. The van der Waals surface area contributed by atoms with Gasteiger partial charge in [0, 0.05) is 11.4 Å².